The number of carboxylic acid groups (broad SMARTS) is 1. The van der Waals surface area contributed by atoms with Crippen molar-refractivity contribution >= 4 is 11.7 Å². The number of nitrogens with zero attached hydrogens (tertiary/aromatic N) is 1. The number of nitrogens with one attached hydrogen (secondary N) is 1. The monoisotopic (exact) mass is 298 g/mol. The van der Waals surface area contributed by atoms with Gasteiger partial charge in [-0.2, -0.15) is 0 Å². The third kappa shape index (κ3) is 4.17. The van der Waals surface area contributed by atoms with Crippen molar-refractivity contribution in [3.05, 3.63) is 71.3 Å². The van der Waals surface area contributed by atoms with E-state index in [1.807, 2.05) is 42.5 Å². The molecule has 2 aromatic rings. The van der Waals surface area contributed by atoms with Crippen LogP contribution in [0.2, 0.25) is 0 Å². The quantitative estimate of drug-likeness (QED) is 0.317. The van der Waals surface area contributed by atoms with E-state index < -0.39 is 5.97 Å². The van der Waals surface area contributed by atoms with Gasteiger partial charge in [0.05, 0.1) is 0 Å². The second-order valence-electron chi connectivity index (χ2n) is 4.82. The normalized spacial score (nSPS) is 11.4. The lowest BCUT2D eigenvalue weighted by Gasteiger charge is -2.09. The molecule has 0 fully saturated rings. The van der Waals surface area contributed by atoms with Crippen LogP contribution >= 0.6 is 0 Å². The van der Waals surface area contributed by atoms with Crippen molar-refractivity contribution in [3.8, 4) is 0 Å². The summed E-state index contributed by atoms with van der Waals surface area (Å²) in [6, 6.07) is 17.1. The van der Waals surface area contributed by atoms with Crippen molar-refractivity contribution in [2.45, 2.75) is 13.0 Å². The minimum absolute atomic E-state index is 0.335. The minimum atomic E-state index is -1.24. The summed E-state index contributed by atoms with van der Waals surface area (Å²) in [7, 11) is 0. The highest BCUT2D eigenvalue weighted by atomic mass is 16.4. The average Bonchev–Trinajstić information content (AvgIpc) is 2.54. The number of rotatable bonds is 7. The summed E-state index contributed by atoms with van der Waals surface area (Å²) >= 11 is 0. The van der Waals surface area contributed by atoms with Gasteiger partial charge in [-0.25, -0.2) is 4.79 Å². The lowest BCUT2D eigenvalue weighted by atomic mass is 10.0. The standard InChI is InChI=1S/C17H18N2O3/c20-17(21)16(19-22)15-9-5-4-8-14(15)10-11-18-12-13-6-2-1-3-7-13/h1-9,18,22H,10-12H2,(H,20,21). The fourth-order valence-electron chi connectivity index (χ4n) is 2.23. The van der Waals surface area contributed by atoms with E-state index in [0.29, 0.717) is 18.5 Å². The molecule has 5 nitrogen and oxygen atoms in total. The van der Waals surface area contributed by atoms with Crippen LogP contribution in [0.5, 0.6) is 0 Å². The second-order valence-corrected chi connectivity index (χ2v) is 4.82. The smallest absolute Gasteiger partial charge is 0.358 e. The van der Waals surface area contributed by atoms with E-state index in [2.05, 4.69) is 10.5 Å². The first kappa shape index (κ1) is 15.7. The Balaban J connectivity index is 1.97. The van der Waals surface area contributed by atoms with Crippen LogP contribution in [0.15, 0.2) is 59.8 Å². The third-order valence-electron chi connectivity index (χ3n) is 3.32. The van der Waals surface area contributed by atoms with Crippen LogP contribution in [0.3, 0.4) is 0 Å². The van der Waals surface area contributed by atoms with Gasteiger partial charge in [0.25, 0.3) is 0 Å². The molecule has 2 rings (SSSR count). The van der Waals surface area contributed by atoms with Gasteiger partial charge in [-0.05, 0) is 24.1 Å². The Morgan fingerprint density at radius 3 is 2.41 bits per heavy atom. The van der Waals surface area contributed by atoms with Gasteiger partial charge in [0, 0.05) is 12.1 Å². The van der Waals surface area contributed by atoms with Gasteiger partial charge in [0.1, 0.15) is 0 Å². The molecular weight excluding hydrogens is 280 g/mol. The van der Waals surface area contributed by atoms with Crippen molar-refractivity contribution in [2.75, 3.05) is 6.54 Å². The van der Waals surface area contributed by atoms with Gasteiger partial charge in [-0.1, -0.05) is 59.8 Å². The summed E-state index contributed by atoms with van der Waals surface area (Å²) in [6.45, 7) is 1.45. The second kappa shape index (κ2) is 7.95. The predicted octanol–water partition coefficient (Wildman–Crippen LogP) is 2.28. The Morgan fingerprint density at radius 2 is 1.73 bits per heavy atom. The molecule has 0 aromatic heterocycles. The molecule has 0 spiro atoms. The molecule has 2 aromatic carbocycles. The molecule has 0 bridgehead atoms. The predicted molar refractivity (Wildman–Crippen MR) is 84.3 cm³/mol. The maximum atomic E-state index is 11.1. The summed E-state index contributed by atoms with van der Waals surface area (Å²) in [5.74, 6) is -1.24. The summed E-state index contributed by atoms with van der Waals surface area (Å²) in [6.07, 6.45) is 0.648. The van der Waals surface area contributed by atoms with Gasteiger partial charge < -0.3 is 15.6 Å². The number of benzene rings is 2. The molecule has 5 heteroatoms. The molecule has 3 N–H and O–H groups in total. The molecule has 0 saturated carbocycles. The van der Waals surface area contributed by atoms with E-state index in [9.17, 15) is 4.79 Å². The molecule has 0 aliphatic heterocycles. The molecule has 0 aliphatic carbocycles. The van der Waals surface area contributed by atoms with Crippen molar-refractivity contribution in [1.82, 2.24) is 5.32 Å². The number of hydrogen-bond acceptors (Lipinski definition) is 4. The Labute approximate surface area is 128 Å². The van der Waals surface area contributed by atoms with Gasteiger partial charge in [0.2, 0.25) is 0 Å². The Hall–Kier alpha value is -2.66. The summed E-state index contributed by atoms with van der Waals surface area (Å²) < 4.78 is 0. The van der Waals surface area contributed by atoms with Crippen LogP contribution < -0.4 is 5.32 Å². The first-order valence-electron chi connectivity index (χ1n) is 7.00. The van der Waals surface area contributed by atoms with Gasteiger partial charge >= 0.3 is 5.97 Å². The fraction of sp³-hybridized carbons (Fsp3) is 0.176. The van der Waals surface area contributed by atoms with Crippen molar-refractivity contribution in [2.24, 2.45) is 5.16 Å². The maximum Gasteiger partial charge on any atom is 0.358 e. The van der Waals surface area contributed by atoms with E-state index in [0.717, 1.165) is 12.1 Å². The average molecular weight is 298 g/mol. The van der Waals surface area contributed by atoms with Crippen LogP contribution in [0.25, 0.3) is 0 Å². The van der Waals surface area contributed by atoms with E-state index in [-0.39, 0.29) is 5.71 Å². The molecule has 0 aliphatic rings. The highest BCUT2D eigenvalue weighted by molar-refractivity contribution is 6.42. The Bertz CT molecular complexity index is 654. The molecule has 22 heavy (non-hydrogen) atoms. The lowest BCUT2D eigenvalue weighted by Crippen LogP contribution is -2.20. The molecule has 0 saturated heterocycles. The molecule has 114 valence electrons. The molecule has 0 heterocycles. The largest absolute Gasteiger partial charge is 0.476 e. The Morgan fingerprint density at radius 1 is 1.05 bits per heavy atom. The van der Waals surface area contributed by atoms with Crippen LogP contribution in [0.1, 0.15) is 16.7 Å². The summed E-state index contributed by atoms with van der Waals surface area (Å²) in [4.78, 5) is 11.1. The van der Waals surface area contributed by atoms with Crippen LogP contribution in [-0.2, 0) is 17.8 Å². The molecule has 0 atom stereocenters. The number of oxime groups is 1. The van der Waals surface area contributed by atoms with E-state index in [1.54, 1.807) is 12.1 Å². The van der Waals surface area contributed by atoms with E-state index in [1.165, 1.54) is 5.56 Å². The first-order chi connectivity index (χ1) is 10.7. The summed E-state index contributed by atoms with van der Waals surface area (Å²) in [5, 5.41) is 24.2. The maximum absolute atomic E-state index is 11.1. The van der Waals surface area contributed by atoms with Crippen LogP contribution in [-0.4, -0.2) is 28.5 Å². The third-order valence-corrected chi connectivity index (χ3v) is 3.32. The number of carbonyl (C=O) groups is 1. The number of aliphatic carboxylic acids is 1. The zero-order chi connectivity index (χ0) is 15.8. The number of carboxylic acids is 1. The van der Waals surface area contributed by atoms with E-state index >= 15 is 0 Å². The highest BCUT2D eigenvalue weighted by Gasteiger charge is 2.16. The van der Waals surface area contributed by atoms with E-state index in [4.69, 9.17) is 10.3 Å². The van der Waals surface area contributed by atoms with Crippen LogP contribution in [0.4, 0.5) is 0 Å². The van der Waals surface area contributed by atoms with Crippen LogP contribution in [0, 0.1) is 0 Å². The molecule has 0 radical (unpaired) electrons. The zero-order valence-electron chi connectivity index (χ0n) is 12.1. The lowest BCUT2D eigenvalue weighted by molar-refractivity contribution is -0.129. The minimum Gasteiger partial charge on any atom is -0.476 e. The molecule has 0 amide bonds. The van der Waals surface area contributed by atoms with Crippen molar-refractivity contribution in [3.63, 3.8) is 0 Å². The van der Waals surface area contributed by atoms with Crippen molar-refractivity contribution in [1.29, 1.82) is 0 Å². The summed E-state index contributed by atoms with van der Waals surface area (Å²) in [5.41, 5.74) is 2.13. The SMILES string of the molecule is O=C(O)C(=NO)c1ccccc1CCNCc1ccccc1. The van der Waals surface area contributed by atoms with Crippen molar-refractivity contribution < 1.29 is 15.1 Å². The molecule has 0 unspecified atom stereocenters. The Kier molecular flexibility index (Phi) is 5.68. The van der Waals surface area contributed by atoms with Gasteiger partial charge in [0.15, 0.2) is 5.71 Å². The van der Waals surface area contributed by atoms with Gasteiger partial charge in [-0.15, -0.1) is 0 Å². The first-order valence-corrected chi connectivity index (χ1v) is 7.00. The zero-order valence-corrected chi connectivity index (χ0v) is 12.1. The van der Waals surface area contributed by atoms with Gasteiger partial charge in [-0.3, -0.25) is 0 Å². The fourth-order valence-corrected chi connectivity index (χ4v) is 2.23. The highest BCUT2D eigenvalue weighted by Crippen LogP contribution is 2.11. The molecular formula is C17H18N2O3. The number of hydrogen-bond donors (Lipinski definition) is 3. The topological polar surface area (TPSA) is 81.9 Å².